The number of fused-ring (bicyclic) bond motifs is 1. The van der Waals surface area contributed by atoms with Crippen molar-refractivity contribution in [2.45, 2.75) is 30.2 Å². The number of benzene rings is 1. The molecule has 1 atom stereocenters. The summed E-state index contributed by atoms with van der Waals surface area (Å²) in [6.45, 7) is 1.79. The zero-order valence-electron chi connectivity index (χ0n) is 15.2. The number of carbonyl (C=O) groups excluding carboxylic acids is 1. The van der Waals surface area contributed by atoms with Crippen LogP contribution in [-0.2, 0) is 28.3 Å². The van der Waals surface area contributed by atoms with Crippen LogP contribution in [0.4, 0.5) is 5.69 Å². The van der Waals surface area contributed by atoms with E-state index in [4.69, 9.17) is 5.14 Å². The molecule has 144 valence electrons. The van der Waals surface area contributed by atoms with Gasteiger partial charge in [-0.15, -0.1) is 0 Å². The number of likely N-dealkylation sites (tertiary alicyclic amines) is 1. The van der Waals surface area contributed by atoms with Crippen molar-refractivity contribution in [3.8, 4) is 0 Å². The zero-order chi connectivity index (χ0) is 19.2. The summed E-state index contributed by atoms with van der Waals surface area (Å²) in [6.07, 6.45) is 6.59. The quantitative estimate of drug-likeness (QED) is 0.833. The smallest absolute Gasteiger partial charge is 0.241 e. The molecule has 9 heteroatoms. The molecule has 0 bridgehead atoms. The first kappa shape index (κ1) is 18.1. The van der Waals surface area contributed by atoms with Crippen LogP contribution in [0.1, 0.15) is 30.0 Å². The summed E-state index contributed by atoms with van der Waals surface area (Å²) in [5.74, 6) is 0.0351. The predicted octanol–water partition coefficient (Wildman–Crippen LogP) is 0.794. The van der Waals surface area contributed by atoms with Crippen LogP contribution in [0, 0.1) is 0 Å². The van der Waals surface area contributed by atoms with Gasteiger partial charge >= 0.3 is 0 Å². The monoisotopic (exact) mass is 389 g/mol. The predicted molar refractivity (Wildman–Crippen MR) is 101 cm³/mol. The van der Waals surface area contributed by atoms with E-state index in [1.807, 2.05) is 19.4 Å². The molecule has 8 nitrogen and oxygen atoms in total. The van der Waals surface area contributed by atoms with Gasteiger partial charge in [-0.3, -0.25) is 14.4 Å². The van der Waals surface area contributed by atoms with E-state index in [0.717, 1.165) is 36.2 Å². The molecule has 2 N–H and O–H groups in total. The van der Waals surface area contributed by atoms with Crippen LogP contribution in [0.15, 0.2) is 35.5 Å². The van der Waals surface area contributed by atoms with Crippen LogP contribution >= 0.6 is 0 Å². The lowest BCUT2D eigenvalue weighted by Crippen LogP contribution is -2.39. The SMILES string of the molecule is Cn1cc(C2CCCN2CC(=O)N2CCc3cc(S(N)(=O)=O)ccc32)cn1. The lowest BCUT2D eigenvalue weighted by atomic mass is 10.1. The van der Waals surface area contributed by atoms with Gasteiger partial charge in [-0.1, -0.05) is 0 Å². The molecule has 0 aliphatic carbocycles. The van der Waals surface area contributed by atoms with Crippen LogP contribution < -0.4 is 10.0 Å². The van der Waals surface area contributed by atoms with E-state index in [2.05, 4.69) is 10.00 Å². The number of carbonyl (C=O) groups is 1. The Bertz CT molecular complexity index is 985. The molecule has 1 saturated heterocycles. The lowest BCUT2D eigenvalue weighted by molar-refractivity contribution is -0.119. The Balaban J connectivity index is 1.50. The number of aromatic nitrogens is 2. The summed E-state index contributed by atoms with van der Waals surface area (Å²) in [7, 11) is -1.84. The number of aryl methyl sites for hydroxylation is 1. The second kappa shape index (κ2) is 6.74. The van der Waals surface area contributed by atoms with Gasteiger partial charge < -0.3 is 4.90 Å². The number of rotatable bonds is 4. The molecule has 1 aromatic carbocycles. The maximum absolute atomic E-state index is 12.9. The normalized spacial score (nSPS) is 20.2. The van der Waals surface area contributed by atoms with E-state index in [0.29, 0.717) is 19.5 Å². The lowest BCUT2D eigenvalue weighted by Gasteiger charge is -2.26. The second-order valence-electron chi connectivity index (χ2n) is 7.21. The van der Waals surface area contributed by atoms with Crippen molar-refractivity contribution >= 4 is 21.6 Å². The van der Waals surface area contributed by atoms with Crippen molar-refractivity contribution in [1.29, 1.82) is 0 Å². The molecular weight excluding hydrogens is 366 g/mol. The van der Waals surface area contributed by atoms with E-state index in [9.17, 15) is 13.2 Å². The highest BCUT2D eigenvalue weighted by molar-refractivity contribution is 7.89. The minimum atomic E-state index is -3.74. The molecule has 27 heavy (non-hydrogen) atoms. The van der Waals surface area contributed by atoms with Crippen molar-refractivity contribution in [3.05, 3.63) is 41.7 Å². The molecule has 0 radical (unpaired) electrons. The average Bonchev–Trinajstić information content (AvgIpc) is 3.32. The fourth-order valence-corrected chi connectivity index (χ4v) is 4.64. The Morgan fingerprint density at radius 2 is 2.15 bits per heavy atom. The first-order valence-electron chi connectivity index (χ1n) is 9.01. The molecule has 1 amide bonds. The Kier molecular flexibility index (Phi) is 4.53. The van der Waals surface area contributed by atoms with Gasteiger partial charge in [0.05, 0.1) is 17.6 Å². The molecule has 2 aromatic rings. The van der Waals surface area contributed by atoms with Gasteiger partial charge in [0.2, 0.25) is 15.9 Å². The van der Waals surface area contributed by atoms with Crippen molar-refractivity contribution < 1.29 is 13.2 Å². The van der Waals surface area contributed by atoms with Gasteiger partial charge in [-0.2, -0.15) is 5.10 Å². The number of nitrogens with two attached hydrogens (primary N) is 1. The zero-order valence-corrected chi connectivity index (χ0v) is 16.0. The molecule has 3 heterocycles. The Morgan fingerprint density at radius 3 is 2.85 bits per heavy atom. The molecule has 1 unspecified atom stereocenters. The van der Waals surface area contributed by atoms with Crippen molar-refractivity contribution in [2.75, 3.05) is 24.5 Å². The summed E-state index contributed by atoms with van der Waals surface area (Å²) in [5, 5.41) is 9.45. The third-order valence-electron chi connectivity index (χ3n) is 5.39. The standard InChI is InChI=1S/C18H23N5O3S/c1-21-11-14(10-20-21)16-3-2-7-22(16)12-18(24)23-8-6-13-9-15(27(19,25)26)4-5-17(13)23/h4-5,9-11,16H,2-3,6-8,12H2,1H3,(H2,19,25,26). The third kappa shape index (κ3) is 3.50. The highest BCUT2D eigenvalue weighted by atomic mass is 32.2. The molecule has 2 aliphatic heterocycles. The van der Waals surface area contributed by atoms with Crippen LogP contribution in [-0.4, -0.2) is 48.6 Å². The number of amides is 1. The van der Waals surface area contributed by atoms with E-state index >= 15 is 0 Å². The average molecular weight is 389 g/mol. The van der Waals surface area contributed by atoms with Gasteiger partial charge in [0, 0.05) is 37.1 Å². The summed E-state index contributed by atoms with van der Waals surface area (Å²) in [5.41, 5.74) is 2.77. The van der Waals surface area contributed by atoms with Crippen molar-refractivity contribution in [3.63, 3.8) is 0 Å². The maximum atomic E-state index is 12.9. The van der Waals surface area contributed by atoms with Gasteiger partial charge in [-0.05, 0) is 49.6 Å². The summed E-state index contributed by atoms with van der Waals surface area (Å²) in [6, 6.07) is 4.94. The molecule has 1 aromatic heterocycles. The summed E-state index contributed by atoms with van der Waals surface area (Å²) < 4.78 is 24.9. The Morgan fingerprint density at radius 1 is 1.33 bits per heavy atom. The van der Waals surface area contributed by atoms with Crippen molar-refractivity contribution in [1.82, 2.24) is 14.7 Å². The first-order valence-corrected chi connectivity index (χ1v) is 10.6. The number of anilines is 1. The van der Waals surface area contributed by atoms with Gasteiger partial charge in [0.15, 0.2) is 0 Å². The van der Waals surface area contributed by atoms with Gasteiger partial charge in [0.1, 0.15) is 0 Å². The first-order chi connectivity index (χ1) is 12.8. The molecule has 1 fully saturated rings. The van der Waals surface area contributed by atoms with Gasteiger partial charge in [-0.25, -0.2) is 13.6 Å². The fourth-order valence-electron chi connectivity index (χ4n) is 4.08. The number of hydrogen-bond acceptors (Lipinski definition) is 5. The molecule has 0 spiro atoms. The second-order valence-corrected chi connectivity index (χ2v) is 8.77. The number of nitrogens with zero attached hydrogens (tertiary/aromatic N) is 4. The minimum absolute atomic E-state index is 0.0351. The van der Waals surface area contributed by atoms with E-state index in [1.54, 1.807) is 21.7 Å². The third-order valence-corrected chi connectivity index (χ3v) is 6.30. The molecular formula is C18H23N5O3S. The Hall–Kier alpha value is -2.23. The molecule has 0 saturated carbocycles. The van der Waals surface area contributed by atoms with E-state index < -0.39 is 10.0 Å². The van der Waals surface area contributed by atoms with E-state index in [-0.39, 0.29) is 16.8 Å². The summed E-state index contributed by atoms with van der Waals surface area (Å²) in [4.78, 5) is 17.0. The number of primary sulfonamides is 1. The topological polar surface area (TPSA) is 102 Å². The van der Waals surface area contributed by atoms with Crippen LogP contribution in [0.25, 0.3) is 0 Å². The summed E-state index contributed by atoms with van der Waals surface area (Å²) >= 11 is 0. The van der Waals surface area contributed by atoms with E-state index in [1.165, 1.54) is 6.07 Å². The largest absolute Gasteiger partial charge is 0.311 e. The van der Waals surface area contributed by atoms with Crippen molar-refractivity contribution in [2.24, 2.45) is 12.2 Å². The molecule has 2 aliphatic rings. The van der Waals surface area contributed by atoms with Crippen LogP contribution in [0.2, 0.25) is 0 Å². The van der Waals surface area contributed by atoms with Crippen LogP contribution in [0.3, 0.4) is 0 Å². The Labute approximate surface area is 158 Å². The number of sulfonamides is 1. The van der Waals surface area contributed by atoms with Crippen LogP contribution in [0.5, 0.6) is 0 Å². The maximum Gasteiger partial charge on any atom is 0.241 e. The van der Waals surface area contributed by atoms with Gasteiger partial charge in [0.25, 0.3) is 0 Å². The highest BCUT2D eigenvalue weighted by Crippen LogP contribution is 2.33. The minimum Gasteiger partial charge on any atom is -0.311 e. The fraction of sp³-hybridized carbons (Fsp3) is 0.444. The number of hydrogen-bond donors (Lipinski definition) is 1. The highest BCUT2D eigenvalue weighted by Gasteiger charge is 2.32. The molecule has 4 rings (SSSR count).